The van der Waals surface area contributed by atoms with E-state index in [0.29, 0.717) is 24.3 Å². The Balaban J connectivity index is 1.79. The van der Waals surface area contributed by atoms with Gasteiger partial charge in [0.2, 0.25) is 0 Å². The van der Waals surface area contributed by atoms with Crippen LogP contribution >= 0.6 is 0 Å². The summed E-state index contributed by atoms with van der Waals surface area (Å²) in [5.74, 6) is -0.306. The lowest BCUT2D eigenvalue weighted by Crippen LogP contribution is -2.19. The van der Waals surface area contributed by atoms with E-state index in [1.807, 2.05) is 61.5 Å². The Kier molecular flexibility index (Phi) is 5.88. The first-order chi connectivity index (χ1) is 13.1. The van der Waals surface area contributed by atoms with Gasteiger partial charge in [-0.05, 0) is 43.2 Å². The number of ether oxygens (including phenoxy) is 1. The molecule has 27 heavy (non-hydrogen) atoms. The normalized spacial score (nSPS) is 11.9. The Hall–Kier alpha value is -3.12. The summed E-state index contributed by atoms with van der Waals surface area (Å²) in [5, 5.41) is 22.7. The molecule has 2 N–H and O–H groups in total. The Morgan fingerprint density at radius 2 is 1.85 bits per heavy atom. The second-order valence-corrected chi connectivity index (χ2v) is 6.31. The second-order valence-electron chi connectivity index (χ2n) is 6.31. The van der Waals surface area contributed by atoms with Crippen molar-refractivity contribution in [3.8, 4) is 11.4 Å². The summed E-state index contributed by atoms with van der Waals surface area (Å²) < 4.78 is 7.60. The van der Waals surface area contributed by atoms with Gasteiger partial charge in [0, 0.05) is 13.0 Å². The fraction of sp³-hybridized carbons (Fsp3) is 0.238. The lowest BCUT2D eigenvalue weighted by atomic mass is 10.1. The third kappa shape index (κ3) is 4.54. The Labute approximate surface area is 157 Å². The molecule has 0 fully saturated rings. The highest BCUT2D eigenvalue weighted by atomic mass is 16.5. The SMILES string of the molecule is CC(Cc1c(C(=O)O)cnn1-c1ccccc1)Oc1ccc(CCO)cc1. The van der Waals surface area contributed by atoms with Gasteiger partial charge in [0.15, 0.2) is 0 Å². The number of aliphatic hydroxyl groups is 1. The molecule has 0 radical (unpaired) electrons. The van der Waals surface area contributed by atoms with E-state index in [1.165, 1.54) is 6.20 Å². The van der Waals surface area contributed by atoms with E-state index >= 15 is 0 Å². The molecule has 0 aliphatic carbocycles. The average Bonchev–Trinajstić information content (AvgIpc) is 3.08. The van der Waals surface area contributed by atoms with E-state index in [2.05, 4.69) is 5.10 Å². The number of aromatic nitrogens is 2. The highest BCUT2D eigenvalue weighted by Gasteiger charge is 2.20. The fourth-order valence-electron chi connectivity index (χ4n) is 2.95. The number of hydrogen-bond acceptors (Lipinski definition) is 4. The van der Waals surface area contributed by atoms with Crippen molar-refractivity contribution in [1.29, 1.82) is 0 Å². The first kappa shape index (κ1) is 18.7. The number of carbonyl (C=O) groups is 1. The molecule has 0 amide bonds. The minimum absolute atomic E-state index is 0.109. The molecule has 0 spiro atoms. The van der Waals surface area contributed by atoms with Crippen LogP contribution in [0.3, 0.4) is 0 Å². The third-order valence-corrected chi connectivity index (χ3v) is 4.24. The monoisotopic (exact) mass is 366 g/mol. The summed E-state index contributed by atoms with van der Waals surface area (Å²) in [5.41, 5.74) is 2.61. The summed E-state index contributed by atoms with van der Waals surface area (Å²) in [7, 11) is 0. The third-order valence-electron chi connectivity index (χ3n) is 4.24. The molecule has 0 saturated carbocycles. The van der Waals surface area contributed by atoms with Crippen LogP contribution in [-0.2, 0) is 12.8 Å². The molecule has 0 aliphatic heterocycles. The molecule has 6 heteroatoms. The molecular formula is C21H22N2O4. The van der Waals surface area contributed by atoms with E-state index in [-0.39, 0.29) is 18.3 Å². The summed E-state index contributed by atoms with van der Waals surface area (Å²) in [6.07, 6.45) is 2.13. The van der Waals surface area contributed by atoms with Crippen LogP contribution in [0.2, 0.25) is 0 Å². The van der Waals surface area contributed by atoms with Crippen LogP contribution in [0.1, 0.15) is 28.5 Å². The molecule has 3 rings (SSSR count). The molecule has 3 aromatic rings. The molecule has 2 aromatic carbocycles. The van der Waals surface area contributed by atoms with Crippen molar-refractivity contribution in [1.82, 2.24) is 9.78 Å². The lowest BCUT2D eigenvalue weighted by Gasteiger charge is -2.17. The number of rotatable bonds is 8. The number of aromatic carboxylic acids is 1. The van der Waals surface area contributed by atoms with Gasteiger partial charge in [-0.15, -0.1) is 0 Å². The van der Waals surface area contributed by atoms with Crippen LogP contribution in [0.4, 0.5) is 0 Å². The largest absolute Gasteiger partial charge is 0.490 e. The van der Waals surface area contributed by atoms with Crippen molar-refractivity contribution in [2.45, 2.75) is 25.9 Å². The van der Waals surface area contributed by atoms with E-state index in [9.17, 15) is 9.90 Å². The van der Waals surface area contributed by atoms with Gasteiger partial charge in [-0.3, -0.25) is 0 Å². The number of benzene rings is 2. The maximum atomic E-state index is 11.6. The van der Waals surface area contributed by atoms with Crippen molar-refractivity contribution in [2.24, 2.45) is 0 Å². The van der Waals surface area contributed by atoms with Crippen LogP contribution in [0.25, 0.3) is 5.69 Å². The van der Waals surface area contributed by atoms with Gasteiger partial charge in [-0.1, -0.05) is 30.3 Å². The van der Waals surface area contributed by atoms with Gasteiger partial charge in [0.25, 0.3) is 0 Å². The van der Waals surface area contributed by atoms with Crippen LogP contribution in [-0.4, -0.2) is 38.7 Å². The summed E-state index contributed by atoms with van der Waals surface area (Å²) in [4.78, 5) is 11.6. The van der Waals surface area contributed by atoms with Crippen LogP contribution in [0, 0.1) is 0 Å². The van der Waals surface area contributed by atoms with Crippen molar-refractivity contribution in [3.05, 3.63) is 77.6 Å². The first-order valence-electron chi connectivity index (χ1n) is 8.80. The fourth-order valence-corrected chi connectivity index (χ4v) is 2.95. The zero-order valence-electron chi connectivity index (χ0n) is 15.1. The predicted molar refractivity (Wildman–Crippen MR) is 102 cm³/mol. The van der Waals surface area contributed by atoms with Crippen molar-refractivity contribution < 1.29 is 19.7 Å². The maximum absolute atomic E-state index is 11.6. The predicted octanol–water partition coefficient (Wildman–Crippen LogP) is 3.12. The molecule has 6 nitrogen and oxygen atoms in total. The van der Waals surface area contributed by atoms with Gasteiger partial charge in [0.05, 0.1) is 17.6 Å². The topological polar surface area (TPSA) is 84.6 Å². The lowest BCUT2D eigenvalue weighted by molar-refractivity contribution is 0.0695. The molecule has 1 aromatic heterocycles. The van der Waals surface area contributed by atoms with Gasteiger partial charge < -0.3 is 14.9 Å². The molecule has 1 atom stereocenters. The summed E-state index contributed by atoms with van der Waals surface area (Å²) in [6.45, 7) is 2.01. The summed E-state index contributed by atoms with van der Waals surface area (Å²) in [6, 6.07) is 17.0. The van der Waals surface area contributed by atoms with Crippen LogP contribution in [0.5, 0.6) is 5.75 Å². The highest BCUT2D eigenvalue weighted by Crippen LogP contribution is 2.20. The number of carboxylic acids is 1. The smallest absolute Gasteiger partial charge is 0.339 e. The van der Waals surface area contributed by atoms with Crippen molar-refractivity contribution >= 4 is 5.97 Å². The highest BCUT2D eigenvalue weighted by molar-refractivity contribution is 5.88. The number of carboxylic acid groups (broad SMARTS) is 1. The van der Waals surface area contributed by atoms with E-state index < -0.39 is 5.97 Å². The second kappa shape index (κ2) is 8.51. The molecular weight excluding hydrogens is 344 g/mol. The van der Waals surface area contributed by atoms with Crippen molar-refractivity contribution in [3.63, 3.8) is 0 Å². The molecule has 1 heterocycles. The van der Waals surface area contributed by atoms with Gasteiger partial charge in [0.1, 0.15) is 17.4 Å². The zero-order valence-corrected chi connectivity index (χ0v) is 15.1. The molecule has 0 saturated heterocycles. The number of aliphatic hydroxyl groups excluding tert-OH is 1. The summed E-state index contributed by atoms with van der Waals surface area (Å²) >= 11 is 0. The first-order valence-corrected chi connectivity index (χ1v) is 8.80. The zero-order chi connectivity index (χ0) is 19.2. The number of nitrogens with zero attached hydrogens (tertiary/aromatic N) is 2. The average molecular weight is 366 g/mol. The quantitative estimate of drug-likeness (QED) is 0.640. The van der Waals surface area contributed by atoms with E-state index in [1.54, 1.807) is 4.68 Å². The Bertz CT molecular complexity index is 888. The molecule has 140 valence electrons. The number of hydrogen-bond donors (Lipinski definition) is 2. The molecule has 0 bridgehead atoms. The Morgan fingerprint density at radius 3 is 2.48 bits per heavy atom. The maximum Gasteiger partial charge on any atom is 0.339 e. The minimum Gasteiger partial charge on any atom is -0.490 e. The Morgan fingerprint density at radius 1 is 1.15 bits per heavy atom. The van der Waals surface area contributed by atoms with Gasteiger partial charge in [-0.25, -0.2) is 9.48 Å². The van der Waals surface area contributed by atoms with Crippen LogP contribution in [0.15, 0.2) is 60.8 Å². The van der Waals surface area contributed by atoms with Gasteiger partial charge >= 0.3 is 5.97 Å². The van der Waals surface area contributed by atoms with Crippen molar-refractivity contribution in [2.75, 3.05) is 6.61 Å². The minimum atomic E-state index is -1.01. The van der Waals surface area contributed by atoms with Crippen LogP contribution < -0.4 is 4.74 Å². The van der Waals surface area contributed by atoms with E-state index in [0.717, 1.165) is 11.3 Å². The van der Waals surface area contributed by atoms with E-state index in [4.69, 9.17) is 9.84 Å². The molecule has 0 aliphatic rings. The standard InChI is InChI=1S/C21H22N2O4/c1-15(27-18-9-7-16(8-10-18)11-12-24)13-20-19(21(25)26)14-22-23(20)17-5-3-2-4-6-17/h2-10,14-15,24H,11-13H2,1H3,(H,25,26). The molecule has 1 unspecified atom stereocenters. The van der Waals surface area contributed by atoms with Gasteiger partial charge in [-0.2, -0.15) is 5.10 Å². The number of para-hydroxylation sites is 1.